The number of aliphatic hydroxyl groups excluding tert-OH is 3. The minimum Gasteiger partial charge on any atom is -0.390 e. The Labute approximate surface area is 114 Å². The van der Waals surface area contributed by atoms with Crippen molar-refractivity contribution < 1.29 is 25.2 Å². The number of carbonyl (C=O) groups is 1. The van der Waals surface area contributed by atoms with Crippen molar-refractivity contribution in [3.05, 3.63) is 0 Å². The van der Waals surface area contributed by atoms with E-state index in [0.717, 1.165) is 0 Å². The Bertz CT molecular complexity index is 302. The summed E-state index contributed by atoms with van der Waals surface area (Å²) in [5.74, 6) is -0.916. The van der Waals surface area contributed by atoms with Gasteiger partial charge in [-0.05, 0) is 19.8 Å². The highest BCUT2D eigenvalue weighted by Crippen LogP contribution is 2.32. The van der Waals surface area contributed by atoms with Gasteiger partial charge in [-0.15, -0.1) is 0 Å². The Morgan fingerprint density at radius 1 is 1.26 bits per heavy atom. The minimum atomic E-state index is -1.34. The van der Waals surface area contributed by atoms with Crippen molar-refractivity contribution in [1.29, 1.82) is 0 Å². The van der Waals surface area contributed by atoms with Gasteiger partial charge in [-0.25, -0.2) is 0 Å². The van der Waals surface area contributed by atoms with E-state index < -0.39 is 29.8 Å². The number of hydrogen-bond donors (Lipinski definition) is 4. The van der Waals surface area contributed by atoms with Gasteiger partial charge in [0.1, 0.15) is 5.78 Å². The zero-order valence-corrected chi connectivity index (χ0v) is 11.7. The third kappa shape index (κ3) is 4.24. The quantitative estimate of drug-likeness (QED) is 0.596. The lowest BCUT2D eigenvalue weighted by Crippen LogP contribution is -2.50. The Hall–Kier alpha value is -0.490. The Kier molecular flexibility index (Phi) is 5.92. The molecule has 0 aromatic heterocycles. The maximum absolute atomic E-state index is 11.6. The average molecular weight is 274 g/mol. The molecular weight excluding hydrogens is 248 g/mol. The zero-order chi connectivity index (χ0) is 14.6. The van der Waals surface area contributed by atoms with Crippen molar-refractivity contribution in [2.24, 2.45) is 5.92 Å². The van der Waals surface area contributed by atoms with Gasteiger partial charge in [-0.3, -0.25) is 4.79 Å². The molecule has 0 radical (unpaired) electrons. The fraction of sp³-hybridized carbons (Fsp3) is 0.929. The molecule has 19 heavy (non-hydrogen) atoms. The SMILES string of the molecule is CCC(=O)CC1C(O)C(O)CCCCC(C)(O)C1O. The van der Waals surface area contributed by atoms with E-state index in [-0.39, 0.29) is 12.2 Å². The van der Waals surface area contributed by atoms with Crippen LogP contribution in [0.5, 0.6) is 0 Å². The Morgan fingerprint density at radius 3 is 2.47 bits per heavy atom. The van der Waals surface area contributed by atoms with Gasteiger partial charge in [0.15, 0.2) is 0 Å². The second kappa shape index (κ2) is 6.79. The smallest absolute Gasteiger partial charge is 0.133 e. The summed E-state index contributed by atoms with van der Waals surface area (Å²) in [7, 11) is 0. The number of hydrogen-bond acceptors (Lipinski definition) is 5. The third-order valence-electron chi connectivity index (χ3n) is 4.17. The molecule has 0 saturated heterocycles. The van der Waals surface area contributed by atoms with Gasteiger partial charge in [0, 0.05) is 18.8 Å². The minimum absolute atomic E-state index is 0.0218. The zero-order valence-electron chi connectivity index (χ0n) is 11.7. The van der Waals surface area contributed by atoms with Gasteiger partial charge in [-0.1, -0.05) is 19.8 Å². The molecule has 112 valence electrons. The van der Waals surface area contributed by atoms with Crippen molar-refractivity contribution in [1.82, 2.24) is 0 Å². The number of rotatable bonds is 3. The molecule has 1 saturated carbocycles. The molecule has 5 nitrogen and oxygen atoms in total. The summed E-state index contributed by atoms with van der Waals surface area (Å²) in [5.41, 5.74) is -1.34. The van der Waals surface area contributed by atoms with Crippen LogP contribution in [0.25, 0.3) is 0 Å². The van der Waals surface area contributed by atoms with Crippen molar-refractivity contribution in [2.75, 3.05) is 0 Å². The molecule has 0 aliphatic heterocycles. The highest BCUT2D eigenvalue weighted by Gasteiger charge is 2.42. The maximum Gasteiger partial charge on any atom is 0.133 e. The highest BCUT2D eigenvalue weighted by molar-refractivity contribution is 5.78. The summed E-state index contributed by atoms with van der Waals surface area (Å²) < 4.78 is 0. The molecule has 5 heteroatoms. The first-order valence-corrected chi connectivity index (χ1v) is 7.08. The summed E-state index contributed by atoms with van der Waals surface area (Å²) in [6, 6.07) is 0. The van der Waals surface area contributed by atoms with Crippen LogP contribution in [0.2, 0.25) is 0 Å². The molecule has 1 aliphatic carbocycles. The van der Waals surface area contributed by atoms with Gasteiger partial charge in [0.05, 0.1) is 23.9 Å². The molecule has 1 fully saturated rings. The van der Waals surface area contributed by atoms with Crippen LogP contribution in [0.15, 0.2) is 0 Å². The van der Waals surface area contributed by atoms with E-state index in [9.17, 15) is 25.2 Å². The number of ketones is 1. The number of aliphatic hydroxyl groups is 4. The first-order chi connectivity index (χ1) is 8.79. The molecule has 0 bridgehead atoms. The molecule has 0 spiro atoms. The summed E-state index contributed by atoms with van der Waals surface area (Å²) in [6.07, 6.45) is -0.914. The first-order valence-electron chi connectivity index (χ1n) is 7.08. The van der Waals surface area contributed by atoms with Crippen LogP contribution in [0.3, 0.4) is 0 Å². The lowest BCUT2D eigenvalue weighted by atomic mass is 9.79. The second-order valence-corrected chi connectivity index (χ2v) is 5.87. The molecule has 0 heterocycles. The standard InChI is InChI=1S/C14H26O5/c1-3-9(15)8-10-12(17)11(16)6-4-5-7-14(2,19)13(10)18/h10-13,16-19H,3-8H2,1-2H3. The van der Waals surface area contributed by atoms with E-state index >= 15 is 0 Å². The normalized spacial score (nSPS) is 41.2. The molecule has 1 rings (SSSR count). The predicted octanol–water partition coefficient (Wildman–Crippen LogP) is 0.380. The van der Waals surface area contributed by atoms with Crippen molar-refractivity contribution in [2.45, 2.75) is 76.3 Å². The van der Waals surface area contributed by atoms with E-state index in [1.54, 1.807) is 6.92 Å². The van der Waals surface area contributed by atoms with Gasteiger partial charge in [0.2, 0.25) is 0 Å². The largest absolute Gasteiger partial charge is 0.390 e. The average Bonchev–Trinajstić information content (AvgIpc) is 2.40. The highest BCUT2D eigenvalue weighted by atomic mass is 16.4. The van der Waals surface area contributed by atoms with Gasteiger partial charge in [0.25, 0.3) is 0 Å². The molecule has 5 unspecified atom stereocenters. The Morgan fingerprint density at radius 2 is 1.89 bits per heavy atom. The topological polar surface area (TPSA) is 98.0 Å². The van der Waals surface area contributed by atoms with Gasteiger partial charge in [-0.2, -0.15) is 0 Å². The molecule has 4 N–H and O–H groups in total. The van der Waals surface area contributed by atoms with Crippen molar-refractivity contribution in [3.63, 3.8) is 0 Å². The lowest BCUT2D eigenvalue weighted by Gasteiger charge is -2.36. The summed E-state index contributed by atoms with van der Waals surface area (Å²) in [6.45, 7) is 3.23. The molecule has 0 aromatic rings. The fourth-order valence-corrected chi connectivity index (χ4v) is 2.73. The van der Waals surface area contributed by atoms with Crippen LogP contribution < -0.4 is 0 Å². The van der Waals surface area contributed by atoms with Gasteiger partial charge >= 0.3 is 0 Å². The Balaban J connectivity index is 2.96. The first kappa shape index (κ1) is 16.6. The van der Waals surface area contributed by atoms with E-state index in [4.69, 9.17) is 0 Å². The van der Waals surface area contributed by atoms with Crippen molar-refractivity contribution in [3.8, 4) is 0 Å². The third-order valence-corrected chi connectivity index (χ3v) is 4.17. The van der Waals surface area contributed by atoms with Crippen LogP contribution in [0, 0.1) is 5.92 Å². The number of carbonyl (C=O) groups excluding carboxylic acids is 1. The lowest BCUT2D eigenvalue weighted by molar-refractivity contribution is -0.142. The molecule has 0 aromatic carbocycles. The second-order valence-electron chi connectivity index (χ2n) is 5.87. The van der Waals surface area contributed by atoms with Crippen molar-refractivity contribution >= 4 is 5.78 Å². The maximum atomic E-state index is 11.6. The fourth-order valence-electron chi connectivity index (χ4n) is 2.73. The van der Waals surface area contributed by atoms with E-state index in [1.807, 2.05) is 0 Å². The molecule has 5 atom stereocenters. The summed E-state index contributed by atoms with van der Waals surface area (Å²) in [5, 5.41) is 40.6. The van der Waals surface area contributed by atoms with E-state index in [2.05, 4.69) is 0 Å². The molecule has 1 aliphatic rings. The number of Topliss-reactive ketones (excluding diaryl/α,β-unsaturated/α-hetero) is 1. The van der Waals surface area contributed by atoms with E-state index in [1.165, 1.54) is 6.92 Å². The molecular formula is C14H26O5. The van der Waals surface area contributed by atoms with Crippen LogP contribution in [-0.2, 0) is 4.79 Å². The predicted molar refractivity (Wildman–Crippen MR) is 70.5 cm³/mol. The summed E-state index contributed by atoms with van der Waals surface area (Å²) in [4.78, 5) is 11.6. The van der Waals surface area contributed by atoms with Crippen LogP contribution in [-0.4, -0.2) is 50.1 Å². The van der Waals surface area contributed by atoms with E-state index in [0.29, 0.717) is 32.1 Å². The van der Waals surface area contributed by atoms with Gasteiger partial charge < -0.3 is 20.4 Å². The van der Waals surface area contributed by atoms with Crippen LogP contribution in [0.4, 0.5) is 0 Å². The molecule has 0 amide bonds. The van der Waals surface area contributed by atoms with Crippen LogP contribution in [0.1, 0.15) is 52.4 Å². The van der Waals surface area contributed by atoms with Crippen LogP contribution >= 0.6 is 0 Å². The summed E-state index contributed by atoms with van der Waals surface area (Å²) >= 11 is 0. The monoisotopic (exact) mass is 274 g/mol.